The van der Waals surface area contributed by atoms with Gasteiger partial charge in [-0.25, -0.2) is 0 Å². The maximum Gasteiger partial charge on any atom is 0.308 e. The van der Waals surface area contributed by atoms with E-state index < -0.39 is 5.97 Å². The normalized spacial score (nSPS) is 10.3. The molecule has 5 nitrogen and oxygen atoms in total. The number of esters is 2. The third-order valence-corrected chi connectivity index (χ3v) is 2.13. The summed E-state index contributed by atoms with van der Waals surface area (Å²) < 4.78 is 14.9. The molecule has 0 bridgehead atoms. The van der Waals surface area contributed by atoms with Crippen molar-refractivity contribution in [2.75, 3.05) is 13.7 Å². The van der Waals surface area contributed by atoms with Crippen LogP contribution in [0.25, 0.3) is 6.08 Å². The van der Waals surface area contributed by atoms with Gasteiger partial charge >= 0.3 is 11.9 Å². The molecule has 0 N–H and O–H groups in total. The third kappa shape index (κ3) is 5.25. The molecule has 0 fully saturated rings. The average molecular weight is 264 g/mol. The van der Waals surface area contributed by atoms with Gasteiger partial charge in [0.1, 0.15) is 6.61 Å². The number of methoxy groups -OCH3 is 1. The monoisotopic (exact) mass is 264 g/mol. The van der Waals surface area contributed by atoms with Crippen LogP contribution in [0.2, 0.25) is 0 Å². The van der Waals surface area contributed by atoms with E-state index in [1.54, 1.807) is 30.4 Å². The van der Waals surface area contributed by atoms with E-state index in [-0.39, 0.29) is 12.6 Å². The number of hydrogen-bond donors (Lipinski definition) is 0. The van der Waals surface area contributed by atoms with E-state index in [1.807, 2.05) is 0 Å². The van der Waals surface area contributed by atoms with E-state index in [1.165, 1.54) is 21.0 Å². The van der Waals surface area contributed by atoms with Gasteiger partial charge < -0.3 is 14.2 Å². The minimum Gasteiger partial charge on any atom is -0.493 e. The second-order valence-corrected chi connectivity index (χ2v) is 3.71. The lowest BCUT2D eigenvalue weighted by molar-refractivity contribution is -0.139. The topological polar surface area (TPSA) is 61.8 Å². The lowest BCUT2D eigenvalue weighted by atomic mass is 10.2. The molecule has 0 unspecified atom stereocenters. The van der Waals surface area contributed by atoms with Crippen LogP contribution in [-0.2, 0) is 14.3 Å². The molecule has 0 radical (unpaired) electrons. The highest BCUT2D eigenvalue weighted by molar-refractivity contribution is 5.71. The molecule has 1 aromatic rings. The van der Waals surface area contributed by atoms with Gasteiger partial charge in [0.15, 0.2) is 11.5 Å². The molecular formula is C14H16O5. The Bertz CT molecular complexity index is 491. The van der Waals surface area contributed by atoms with Crippen LogP contribution in [0.4, 0.5) is 0 Å². The van der Waals surface area contributed by atoms with E-state index in [9.17, 15) is 9.59 Å². The van der Waals surface area contributed by atoms with Crippen molar-refractivity contribution in [3.8, 4) is 11.5 Å². The summed E-state index contributed by atoms with van der Waals surface area (Å²) in [5, 5.41) is 0. The van der Waals surface area contributed by atoms with Crippen molar-refractivity contribution in [1.29, 1.82) is 0 Å². The molecule has 0 atom stereocenters. The summed E-state index contributed by atoms with van der Waals surface area (Å²) in [7, 11) is 1.49. The second kappa shape index (κ2) is 7.20. The van der Waals surface area contributed by atoms with Crippen LogP contribution in [0.1, 0.15) is 19.4 Å². The first-order valence-corrected chi connectivity index (χ1v) is 5.69. The SMILES string of the molecule is COc1cc(/C=C/COC(C)=O)ccc1OC(C)=O. The smallest absolute Gasteiger partial charge is 0.308 e. The van der Waals surface area contributed by atoms with Crippen molar-refractivity contribution in [1.82, 2.24) is 0 Å². The zero-order chi connectivity index (χ0) is 14.3. The Hall–Kier alpha value is -2.30. The van der Waals surface area contributed by atoms with Gasteiger partial charge in [-0.15, -0.1) is 0 Å². The molecule has 0 amide bonds. The molecule has 0 saturated carbocycles. The maximum absolute atomic E-state index is 10.9. The summed E-state index contributed by atoms with van der Waals surface area (Å²) in [6.07, 6.45) is 3.49. The predicted octanol–water partition coefficient (Wildman–Crippen LogP) is 2.20. The third-order valence-electron chi connectivity index (χ3n) is 2.13. The number of carbonyl (C=O) groups is 2. The van der Waals surface area contributed by atoms with Crippen LogP contribution in [-0.4, -0.2) is 25.7 Å². The van der Waals surface area contributed by atoms with Gasteiger partial charge in [-0.1, -0.05) is 12.1 Å². The predicted molar refractivity (Wildman–Crippen MR) is 70.0 cm³/mol. The molecule has 1 aromatic carbocycles. The second-order valence-electron chi connectivity index (χ2n) is 3.71. The maximum atomic E-state index is 10.9. The number of ether oxygens (including phenoxy) is 3. The van der Waals surface area contributed by atoms with Crippen molar-refractivity contribution < 1.29 is 23.8 Å². The van der Waals surface area contributed by atoms with E-state index in [4.69, 9.17) is 14.2 Å². The lowest BCUT2D eigenvalue weighted by Crippen LogP contribution is -2.03. The molecule has 0 aliphatic heterocycles. The largest absolute Gasteiger partial charge is 0.493 e. The van der Waals surface area contributed by atoms with Gasteiger partial charge in [0.05, 0.1) is 7.11 Å². The zero-order valence-electron chi connectivity index (χ0n) is 11.1. The summed E-state index contributed by atoms with van der Waals surface area (Å²) in [6.45, 7) is 2.89. The quantitative estimate of drug-likeness (QED) is 0.602. The van der Waals surface area contributed by atoms with Gasteiger partial charge in [-0.3, -0.25) is 9.59 Å². The molecule has 5 heteroatoms. The fraction of sp³-hybridized carbons (Fsp3) is 0.286. The van der Waals surface area contributed by atoms with Gasteiger partial charge in [-0.05, 0) is 23.8 Å². The Labute approximate surface area is 111 Å². The number of rotatable bonds is 5. The van der Waals surface area contributed by atoms with Crippen LogP contribution < -0.4 is 9.47 Å². The molecule has 0 aromatic heterocycles. The van der Waals surface area contributed by atoms with Crippen LogP contribution in [0.5, 0.6) is 11.5 Å². The van der Waals surface area contributed by atoms with Crippen LogP contribution >= 0.6 is 0 Å². The minimum atomic E-state index is -0.406. The summed E-state index contributed by atoms with van der Waals surface area (Å²) in [5.41, 5.74) is 0.847. The molecule has 0 spiro atoms. The standard InChI is InChI=1S/C14H16O5/c1-10(15)18-8-4-5-12-6-7-13(19-11(2)16)14(9-12)17-3/h4-7,9H,8H2,1-3H3/b5-4+. The number of benzene rings is 1. The highest BCUT2D eigenvalue weighted by Crippen LogP contribution is 2.28. The summed E-state index contributed by atoms with van der Waals surface area (Å²) in [6, 6.07) is 5.14. The van der Waals surface area contributed by atoms with Crippen molar-refractivity contribution in [3.63, 3.8) is 0 Å². The molecule has 1 rings (SSSR count). The molecule has 102 valence electrons. The van der Waals surface area contributed by atoms with Crippen LogP contribution in [0.15, 0.2) is 24.3 Å². The first kappa shape index (κ1) is 14.8. The molecular weight excluding hydrogens is 248 g/mol. The van der Waals surface area contributed by atoms with Gasteiger partial charge in [-0.2, -0.15) is 0 Å². The molecule has 0 aliphatic rings. The molecule has 0 aliphatic carbocycles. The highest BCUT2D eigenvalue weighted by Gasteiger charge is 2.06. The first-order valence-electron chi connectivity index (χ1n) is 5.69. The van der Waals surface area contributed by atoms with Crippen molar-refractivity contribution in [3.05, 3.63) is 29.8 Å². The highest BCUT2D eigenvalue weighted by atomic mass is 16.6. The summed E-state index contributed by atoms with van der Waals surface area (Å²) in [5.74, 6) is 0.0980. The molecule has 19 heavy (non-hydrogen) atoms. The minimum absolute atomic E-state index is 0.212. The first-order chi connectivity index (χ1) is 9.02. The Morgan fingerprint density at radius 1 is 1.16 bits per heavy atom. The average Bonchev–Trinajstić information content (AvgIpc) is 2.35. The van der Waals surface area contributed by atoms with Crippen molar-refractivity contribution in [2.45, 2.75) is 13.8 Å². The molecule has 0 heterocycles. The summed E-state index contributed by atoms with van der Waals surface area (Å²) in [4.78, 5) is 21.5. The van der Waals surface area contributed by atoms with Gasteiger partial charge in [0.2, 0.25) is 0 Å². The van der Waals surface area contributed by atoms with E-state index in [0.29, 0.717) is 11.5 Å². The van der Waals surface area contributed by atoms with E-state index >= 15 is 0 Å². The van der Waals surface area contributed by atoms with E-state index in [2.05, 4.69) is 0 Å². The molecule has 0 saturated heterocycles. The van der Waals surface area contributed by atoms with Gasteiger partial charge in [0.25, 0.3) is 0 Å². The Kier molecular flexibility index (Phi) is 5.60. The summed E-state index contributed by atoms with van der Waals surface area (Å²) >= 11 is 0. The van der Waals surface area contributed by atoms with E-state index in [0.717, 1.165) is 5.56 Å². The fourth-order valence-corrected chi connectivity index (χ4v) is 1.38. The lowest BCUT2D eigenvalue weighted by Gasteiger charge is -2.08. The number of hydrogen-bond acceptors (Lipinski definition) is 5. The number of carbonyl (C=O) groups excluding carboxylic acids is 2. The Balaban J connectivity index is 2.76. The van der Waals surface area contributed by atoms with Crippen LogP contribution in [0, 0.1) is 0 Å². The van der Waals surface area contributed by atoms with Crippen LogP contribution in [0.3, 0.4) is 0 Å². The zero-order valence-corrected chi connectivity index (χ0v) is 11.1. The van der Waals surface area contributed by atoms with Crippen molar-refractivity contribution >= 4 is 18.0 Å². The fourth-order valence-electron chi connectivity index (χ4n) is 1.38. The Morgan fingerprint density at radius 3 is 2.47 bits per heavy atom. The van der Waals surface area contributed by atoms with Crippen molar-refractivity contribution in [2.24, 2.45) is 0 Å². The Morgan fingerprint density at radius 2 is 1.89 bits per heavy atom. The van der Waals surface area contributed by atoms with Gasteiger partial charge in [0, 0.05) is 13.8 Å².